The Balaban J connectivity index is 2.10. The molecule has 0 aliphatic heterocycles. The van der Waals surface area contributed by atoms with E-state index in [0.717, 1.165) is 16.7 Å². The Morgan fingerprint density at radius 3 is 2.45 bits per heavy atom. The normalized spacial score (nSPS) is 10.6. The number of hydrogen-bond acceptors (Lipinski definition) is 3. The molecule has 1 amide bonds. The first-order valence-corrected chi connectivity index (χ1v) is 6.76. The lowest BCUT2D eigenvalue weighted by Gasteiger charge is -2.06. The minimum absolute atomic E-state index is 0.0524. The number of aryl methyl sites for hydroxylation is 2. The van der Waals surface area contributed by atoms with Crippen molar-refractivity contribution in [2.24, 2.45) is 0 Å². The molecule has 112 valence electrons. The van der Waals surface area contributed by atoms with Crippen LogP contribution in [-0.4, -0.2) is 10.8 Å². The number of non-ortho nitro benzene ring substituents is 1. The summed E-state index contributed by atoms with van der Waals surface area (Å²) in [5.41, 5.74) is 3.21. The summed E-state index contributed by atoms with van der Waals surface area (Å²) in [7, 11) is 0. The number of carbonyl (C=O) groups is 1. The number of benzene rings is 2. The Hall–Kier alpha value is -2.95. The number of nitrogens with one attached hydrogen (secondary N) is 1. The van der Waals surface area contributed by atoms with Crippen LogP contribution in [0.3, 0.4) is 0 Å². The van der Waals surface area contributed by atoms with Crippen molar-refractivity contribution in [3.63, 3.8) is 0 Å². The van der Waals surface area contributed by atoms with E-state index in [1.165, 1.54) is 18.2 Å². The maximum Gasteiger partial charge on any atom is 0.271 e. The lowest BCUT2D eigenvalue weighted by molar-refractivity contribution is -0.384. The first-order chi connectivity index (χ1) is 10.5. The van der Waals surface area contributed by atoms with E-state index >= 15 is 0 Å². The van der Waals surface area contributed by atoms with Gasteiger partial charge in [-0.15, -0.1) is 0 Å². The maximum atomic E-state index is 11.9. The van der Waals surface area contributed by atoms with Gasteiger partial charge in [0.15, 0.2) is 0 Å². The molecule has 0 aromatic heterocycles. The van der Waals surface area contributed by atoms with Gasteiger partial charge in [-0.3, -0.25) is 14.9 Å². The van der Waals surface area contributed by atoms with Gasteiger partial charge in [-0.1, -0.05) is 35.9 Å². The lowest BCUT2D eigenvalue weighted by atomic mass is 10.1. The van der Waals surface area contributed by atoms with Crippen LogP contribution in [0.25, 0.3) is 6.08 Å². The molecule has 0 heterocycles. The van der Waals surface area contributed by atoms with Gasteiger partial charge in [0.2, 0.25) is 5.91 Å². The van der Waals surface area contributed by atoms with Crippen molar-refractivity contribution < 1.29 is 9.72 Å². The van der Waals surface area contributed by atoms with Crippen molar-refractivity contribution in [3.8, 4) is 0 Å². The molecule has 0 bridgehead atoms. The number of nitro benzene ring substituents is 1. The third-order valence-corrected chi connectivity index (χ3v) is 3.19. The van der Waals surface area contributed by atoms with Gasteiger partial charge in [-0.25, -0.2) is 0 Å². The molecular formula is C17H16N2O3. The minimum Gasteiger partial charge on any atom is -0.322 e. The molecule has 0 aliphatic rings. The van der Waals surface area contributed by atoms with Crippen LogP contribution in [0.2, 0.25) is 0 Å². The number of nitrogens with zero attached hydrogens (tertiary/aromatic N) is 1. The molecule has 0 atom stereocenters. The summed E-state index contributed by atoms with van der Waals surface area (Å²) < 4.78 is 0. The highest BCUT2D eigenvalue weighted by Crippen LogP contribution is 2.21. The largest absolute Gasteiger partial charge is 0.322 e. The Bertz CT molecular complexity index is 734. The highest BCUT2D eigenvalue weighted by Gasteiger charge is 2.09. The van der Waals surface area contributed by atoms with Crippen LogP contribution in [0, 0.1) is 24.0 Å². The highest BCUT2D eigenvalue weighted by molar-refractivity contribution is 6.02. The Morgan fingerprint density at radius 2 is 1.82 bits per heavy atom. The van der Waals surface area contributed by atoms with E-state index in [0.29, 0.717) is 5.69 Å². The van der Waals surface area contributed by atoms with E-state index in [9.17, 15) is 14.9 Å². The van der Waals surface area contributed by atoms with Crippen molar-refractivity contribution in [1.29, 1.82) is 0 Å². The third kappa shape index (κ3) is 4.02. The van der Waals surface area contributed by atoms with Crippen molar-refractivity contribution in [2.75, 3.05) is 5.32 Å². The van der Waals surface area contributed by atoms with Crippen LogP contribution in [0.15, 0.2) is 48.5 Å². The quantitative estimate of drug-likeness (QED) is 0.529. The van der Waals surface area contributed by atoms with Gasteiger partial charge < -0.3 is 5.32 Å². The fourth-order valence-electron chi connectivity index (χ4n) is 1.88. The van der Waals surface area contributed by atoms with Crippen LogP contribution in [0.1, 0.15) is 16.7 Å². The molecule has 22 heavy (non-hydrogen) atoms. The van der Waals surface area contributed by atoms with Gasteiger partial charge in [0.05, 0.1) is 10.6 Å². The van der Waals surface area contributed by atoms with Crippen molar-refractivity contribution >= 4 is 23.4 Å². The molecular weight excluding hydrogens is 280 g/mol. The fraction of sp³-hybridized carbons (Fsp3) is 0.118. The standard InChI is InChI=1S/C17H16N2O3/c1-12-3-6-14(7-4-12)8-10-17(20)18-16-11-15(19(21)22)9-5-13(16)2/h3-11H,1-2H3,(H,18,20)/b10-8+. The van der Waals surface area contributed by atoms with Crippen LogP contribution < -0.4 is 5.32 Å². The van der Waals surface area contributed by atoms with Crippen molar-refractivity contribution in [1.82, 2.24) is 0 Å². The summed E-state index contributed by atoms with van der Waals surface area (Å²) in [4.78, 5) is 22.2. The highest BCUT2D eigenvalue weighted by atomic mass is 16.6. The number of amides is 1. The van der Waals surface area contributed by atoms with E-state index in [2.05, 4.69) is 5.32 Å². The molecule has 2 aromatic rings. The molecule has 0 saturated carbocycles. The zero-order valence-corrected chi connectivity index (χ0v) is 12.4. The Morgan fingerprint density at radius 1 is 1.14 bits per heavy atom. The molecule has 0 aliphatic carbocycles. The first kappa shape index (κ1) is 15.4. The fourth-order valence-corrected chi connectivity index (χ4v) is 1.88. The number of hydrogen-bond donors (Lipinski definition) is 1. The van der Waals surface area contributed by atoms with Crippen LogP contribution in [-0.2, 0) is 4.79 Å². The van der Waals surface area contributed by atoms with Gasteiger partial charge in [0, 0.05) is 18.2 Å². The molecule has 1 N–H and O–H groups in total. The molecule has 0 saturated heterocycles. The van der Waals surface area contributed by atoms with E-state index in [1.54, 1.807) is 19.1 Å². The summed E-state index contributed by atoms with van der Waals surface area (Å²) in [6, 6.07) is 12.1. The van der Waals surface area contributed by atoms with Gasteiger partial charge in [0.25, 0.3) is 5.69 Å². The second kappa shape index (κ2) is 6.67. The van der Waals surface area contributed by atoms with Gasteiger partial charge >= 0.3 is 0 Å². The number of nitro groups is 1. The van der Waals surface area contributed by atoms with E-state index in [-0.39, 0.29) is 11.6 Å². The molecule has 5 nitrogen and oxygen atoms in total. The minimum atomic E-state index is -0.489. The number of carbonyl (C=O) groups excluding carboxylic acids is 1. The smallest absolute Gasteiger partial charge is 0.271 e. The van der Waals surface area contributed by atoms with Crippen molar-refractivity contribution in [2.45, 2.75) is 13.8 Å². The molecule has 0 fully saturated rings. The molecule has 2 rings (SSSR count). The molecule has 0 unspecified atom stereocenters. The van der Waals surface area contributed by atoms with Gasteiger partial charge in [-0.05, 0) is 31.1 Å². The van der Waals surface area contributed by atoms with Gasteiger partial charge in [-0.2, -0.15) is 0 Å². The predicted molar refractivity (Wildman–Crippen MR) is 86.7 cm³/mol. The third-order valence-electron chi connectivity index (χ3n) is 3.19. The molecule has 5 heteroatoms. The Labute approximate surface area is 128 Å². The topological polar surface area (TPSA) is 72.2 Å². The number of rotatable bonds is 4. The average Bonchev–Trinajstić information content (AvgIpc) is 2.48. The summed E-state index contributed by atoms with van der Waals surface area (Å²) in [5, 5.41) is 13.4. The summed E-state index contributed by atoms with van der Waals surface area (Å²) in [6.07, 6.45) is 3.10. The SMILES string of the molecule is Cc1ccc(/C=C/C(=O)Nc2cc([N+](=O)[O-])ccc2C)cc1. The lowest BCUT2D eigenvalue weighted by Crippen LogP contribution is -2.09. The van der Waals surface area contributed by atoms with Crippen LogP contribution in [0.5, 0.6) is 0 Å². The van der Waals surface area contributed by atoms with Crippen LogP contribution in [0.4, 0.5) is 11.4 Å². The molecule has 2 aromatic carbocycles. The van der Waals surface area contributed by atoms with E-state index < -0.39 is 4.92 Å². The maximum absolute atomic E-state index is 11.9. The summed E-state index contributed by atoms with van der Waals surface area (Å²) >= 11 is 0. The zero-order chi connectivity index (χ0) is 16.1. The average molecular weight is 296 g/mol. The second-order valence-corrected chi connectivity index (χ2v) is 4.99. The van der Waals surface area contributed by atoms with Gasteiger partial charge in [0.1, 0.15) is 0 Å². The van der Waals surface area contributed by atoms with E-state index in [4.69, 9.17) is 0 Å². The summed E-state index contributed by atoms with van der Waals surface area (Å²) in [6.45, 7) is 3.77. The monoisotopic (exact) mass is 296 g/mol. The first-order valence-electron chi connectivity index (χ1n) is 6.76. The van der Waals surface area contributed by atoms with Crippen molar-refractivity contribution in [3.05, 3.63) is 75.3 Å². The second-order valence-electron chi connectivity index (χ2n) is 4.99. The summed E-state index contributed by atoms with van der Waals surface area (Å²) in [5.74, 6) is -0.329. The Kier molecular flexibility index (Phi) is 4.68. The zero-order valence-electron chi connectivity index (χ0n) is 12.4. The van der Waals surface area contributed by atoms with Crippen LogP contribution >= 0.6 is 0 Å². The molecule has 0 radical (unpaired) electrons. The van der Waals surface area contributed by atoms with E-state index in [1.807, 2.05) is 31.2 Å². The predicted octanol–water partition coefficient (Wildman–Crippen LogP) is 3.86. The number of anilines is 1. The molecule has 0 spiro atoms.